The Labute approximate surface area is 115 Å². The van der Waals surface area contributed by atoms with Crippen molar-refractivity contribution in [2.24, 2.45) is 5.41 Å². The molecule has 5 heteroatoms. The summed E-state index contributed by atoms with van der Waals surface area (Å²) >= 11 is 11.4. The first-order chi connectivity index (χ1) is 8.14. The molecule has 0 aliphatic heterocycles. The van der Waals surface area contributed by atoms with E-state index >= 15 is 0 Å². The van der Waals surface area contributed by atoms with Gasteiger partial charge >= 0.3 is 0 Å². The Hall–Kier alpha value is -0.930. The summed E-state index contributed by atoms with van der Waals surface area (Å²) in [6.45, 7) is 4.68. The fourth-order valence-corrected chi connectivity index (χ4v) is 1.59. The summed E-state index contributed by atoms with van der Waals surface area (Å²) in [5, 5.41) is 0.420. The molecule has 98 valence electrons. The predicted octanol–water partition coefficient (Wildman–Crippen LogP) is 4.13. The van der Waals surface area contributed by atoms with Gasteiger partial charge in [0.2, 0.25) is 12.0 Å². The minimum absolute atomic E-state index is 0.0366. The minimum atomic E-state index is -2.18. The number of rotatable bonds is 3. The van der Waals surface area contributed by atoms with E-state index in [2.05, 4.69) is 0 Å². The third-order valence-electron chi connectivity index (χ3n) is 2.40. The Morgan fingerprint density at radius 2 is 1.72 bits per heavy atom. The fourth-order valence-electron chi connectivity index (χ4n) is 1.29. The van der Waals surface area contributed by atoms with Gasteiger partial charge in [0.05, 0.1) is 10.0 Å². The van der Waals surface area contributed by atoms with E-state index in [1.54, 1.807) is 20.8 Å². The van der Waals surface area contributed by atoms with Crippen LogP contribution in [0.3, 0.4) is 0 Å². The lowest BCUT2D eigenvalue weighted by Gasteiger charge is -2.18. The van der Waals surface area contributed by atoms with E-state index in [-0.39, 0.29) is 15.6 Å². The third kappa shape index (κ3) is 3.30. The predicted molar refractivity (Wildman–Crippen MR) is 70.2 cm³/mol. The fraction of sp³-hybridized carbons (Fsp3) is 0.385. The monoisotopic (exact) mass is 290 g/mol. The Kier molecular flexibility index (Phi) is 4.51. The van der Waals surface area contributed by atoms with Gasteiger partial charge in [0.1, 0.15) is 0 Å². The van der Waals surface area contributed by atoms with Crippen LogP contribution in [-0.2, 0) is 4.79 Å². The van der Waals surface area contributed by atoms with E-state index in [4.69, 9.17) is 23.2 Å². The zero-order chi connectivity index (χ0) is 14.1. The molecular weight excluding hydrogens is 278 g/mol. The van der Waals surface area contributed by atoms with Crippen LogP contribution in [-0.4, -0.2) is 17.7 Å². The normalized spacial score (nSPS) is 13.2. The second kappa shape index (κ2) is 5.37. The minimum Gasteiger partial charge on any atom is -0.295 e. The number of carbonyl (C=O) groups is 2. The lowest BCUT2D eigenvalue weighted by atomic mass is 9.86. The number of hydrogen-bond donors (Lipinski definition) is 0. The topological polar surface area (TPSA) is 34.1 Å². The number of hydrogen-bond acceptors (Lipinski definition) is 2. The maximum atomic E-state index is 13.8. The van der Waals surface area contributed by atoms with E-state index in [9.17, 15) is 14.0 Å². The maximum Gasteiger partial charge on any atom is 0.221 e. The number of alkyl halides is 1. The summed E-state index contributed by atoms with van der Waals surface area (Å²) in [6.07, 6.45) is -2.18. The highest BCUT2D eigenvalue weighted by Gasteiger charge is 2.35. The lowest BCUT2D eigenvalue weighted by Crippen LogP contribution is -2.35. The van der Waals surface area contributed by atoms with E-state index < -0.39 is 23.2 Å². The first-order valence-electron chi connectivity index (χ1n) is 5.32. The molecule has 1 rings (SSSR count). The molecular formula is C13H13Cl2FO2. The molecule has 0 N–H and O–H groups in total. The number of benzene rings is 1. The Morgan fingerprint density at radius 3 is 2.17 bits per heavy atom. The van der Waals surface area contributed by atoms with Crippen LogP contribution >= 0.6 is 23.2 Å². The molecule has 0 bridgehead atoms. The molecule has 0 aromatic heterocycles. The quantitative estimate of drug-likeness (QED) is 0.620. The van der Waals surface area contributed by atoms with Crippen molar-refractivity contribution in [3.8, 4) is 0 Å². The molecule has 1 unspecified atom stereocenters. The molecule has 0 saturated carbocycles. The Balaban J connectivity index is 3.00. The Morgan fingerprint density at radius 1 is 1.17 bits per heavy atom. The van der Waals surface area contributed by atoms with Gasteiger partial charge in [-0.15, -0.1) is 0 Å². The summed E-state index contributed by atoms with van der Waals surface area (Å²) in [6, 6.07) is 4.00. The van der Waals surface area contributed by atoms with Gasteiger partial charge in [0.25, 0.3) is 0 Å². The first-order valence-corrected chi connectivity index (χ1v) is 6.08. The molecule has 18 heavy (non-hydrogen) atoms. The van der Waals surface area contributed by atoms with Gasteiger partial charge < -0.3 is 0 Å². The van der Waals surface area contributed by atoms with E-state index in [0.29, 0.717) is 0 Å². The molecule has 1 atom stereocenters. The van der Waals surface area contributed by atoms with E-state index in [0.717, 1.165) is 0 Å². The third-order valence-corrected chi connectivity index (χ3v) is 3.14. The zero-order valence-corrected chi connectivity index (χ0v) is 11.8. The van der Waals surface area contributed by atoms with Crippen molar-refractivity contribution in [2.75, 3.05) is 0 Å². The second-order valence-electron chi connectivity index (χ2n) is 4.97. The molecule has 0 saturated heterocycles. The highest BCUT2D eigenvalue weighted by atomic mass is 35.5. The van der Waals surface area contributed by atoms with Crippen LogP contribution in [0, 0.1) is 5.41 Å². The van der Waals surface area contributed by atoms with Crippen LogP contribution < -0.4 is 0 Å². The van der Waals surface area contributed by atoms with Crippen LogP contribution in [0.1, 0.15) is 31.1 Å². The average molecular weight is 291 g/mol. The Bertz CT molecular complexity index is 492. The van der Waals surface area contributed by atoms with Crippen LogP contribution in [0.5, 0.6) is 0 Å². The molecule has 2 nitrogen and oxygen atoms in total. The summed E-state index contributed by atoms with van der Waals surface area (Å²) in [4.78, 5) is 23.5. The van der Waals surface area contributed by atoms with Crippen LogP contribution in [0.25, 0.3) is 0 Å². The van der Waals surface area contributed by atoms with Crippen LogP contribution in [0.2, 0.25) is 10.0 Å². The van der Waals surface area contributed by atoms with E-state index in [1.165, 1.54) is 18.2 Å². The van der Waals surface area contributed by atoms with Gasteiger partial charge in [-0.25, -0.2) is 4.39 Å². The smallest absolute Gasteiger partial charge is 0.221 e. The van der Waals surface area contributed by atoms with Crippen molar-refractivity contribution in [3.05, 3.63) is 33.8 Å². The molecule has 0 fully saturated rings. The van der Waals surface area contributed by atoms with Crippen molar-refractivity contribution < 1.29 is 14.0 Å². The molecule has 0 spiro atoms. The van der Waals surface area contributed by atoms with Gasteiger partial charge in [0.15, 0.2) is 5.78 Å². The highest BCUT2D eigenvalue weighted by Crippen LogP contribution is 2.25. The van der Waals surface area contributed by atoms with Crippen molar-refractivity contribution in [2.45, 2.75) is 26.9 Å². The number of ketones is 2. The van der Waals surface area contributed by atoms with Crippen molar-refractivity contribution in [3.63, 3.8) is 0 Å². The SMILES string of the molecule is CC(C)(C)C(=O)C(F)C(=O)c1ccc(Cl)c(Cl)c1. The zero-order valence-electron chi connectivity index (χ0n) is 10.3. The summed E-state index contributed by atoms with van der Waals surface area (Å²) in [5.41, 5.74) is -0.875. The van der Waals surface area contributed by atoms with Crippen molar-refractivity contribution >= 4 is 34.8 Å². The summed E-state index contributed by atoms with van der Waals surface area (Å²) < 4.78 is 13.8. The molecule has 0 heterocycles. The molecule has 0 aliphatic rings. The number of carbonyl (C=O) groups excluding carboxylic acids is 2. The molecule has 1 aromatic carbocycles. The van der Waals surface area contributed by atoms with Gasteiger partial charge in [-0.2, -0.15) is 0 Å². The molecule has 1 aromatic rings. The largest absolute Gasteiger partial charge is 0.295 e. The van der Waals surface area contributed by atoms with Gasteiger partial charge in [-0.05, 0) is 18.2 Å². The average Bonchev–Trinajstić information content (AvgIpc) is 2.28. The lowest BCUT2D eigenvalue weighted by molar-refractivity contribution is -0.129. The summed E-state index contributed by atoms with van der Waals surface area (Å²) in [7, 11) is 0. The van der Waals surface area contributed by atoms with Crippen molar-refractivity contribution in [1.82, 2.24) is 0 Å². The molecule has 0 radical (unpaired) electrons. The maximum absolute atomic E-state index is 13.8. The van der Waals surface area contributed by atoms with Gasteiger partial charge in [0, 0.05) is 11.0 Å². The van der Waals surface area contributed by atoms with Crippen LogP contribution in [0.15, 0.2) is 18.2 Å². The highest BCUT2D eigenvalue weighted by molar-refractivity contribution is 6.42. The van der Waals surface area contributed by atoms with Gasteiger partial charge in [-0.1, -0.05) is 44.0 Å². The van der Waals surface area contributed by atoms with E-state index in [1.807, 2.05) is 0 Å². The number of Topliss-reactive ketones (excluding diaryl/α,β-unsaturated/α-hetero) is 2. The first kappa shape index (κ1) is 15.1. The second-order valence-corrected chi connectivity index (χ2v) is 5.78. The van der Waals surface area contributed by atoms with Crippen LogP contribution in [0.4, 0.5) is 4.39 Å². The number of halogens is 3. The standard InChI is InChI=1S/C13H13Cl2FO2/c1-13(2,3)12(18)10(16)11(17)7-4-5-8(14)9(15)6-7/h4-6,10H,1-3H3. The van der Waals surface area contributed by atoms with Gasteiger partial charge in [-0.3, -0.25) is 9.59 Å². The summed E-state index contributed by atoms with van der Waals surface area (Å²) in [5.74, 6) is -1.65. The molecule has 0 amide bonds. The van der Waals surface area contributed by atoms with Crippen molar-refractivity contribution in [1.29, 1.82) is 0 Å². The molecule has 0 aliphatic carbocycles.